The zero-order valence-corrected chi connectivity index (χ0v) is 15.0. The number of pyridine rings is 1. The van der Waals surface area contributed by atoms with Crippen LogP contribution >= 0.6 is 0 Å². The van der Waals surface area contributed by atoms with E-state index in [9.17, 15) is 9.59 Å². The fourth-order valence-corrected chi connectivity index (χ4v) is 3.01. The number of aromatic nitrogens is 3. The predicted octanol–water partition coefficient (Wildman–Crippen LogP) is 3.54. The van der Waals surface area contributed by atoms with Crippen LogP contribution in [0.5, 0.6) is 0 Å². The number of H-pyrrole nitrogens is 1. The summed E-state index contributed by atoms with van der Waals surface area (Å²) in [6, 6.07) is 18.6. The molecule has 0 radical (unpaired) electrons. The van der Waals surface area contributed by atoms with Gasteiger partial charge in [-0.1, -0.05) is 42.5 Å². The Kier molecular flexibility index (Phi) is 4.84. The van der Waals surface area contributed by atoms with Gasteiger partial charge in [0, 0.05) is 36.4 Å². The van der Waals surface area contributed by atoms with Gasteiger partial charge in [0.15, 0.2) is 0 Å². The van der Waals surface area contributed by atoms with Crippen LogP contribution in [0, 0.1) is 0 Å². The monoisotopic (exact) mass is 370 g/mol. The first-order valence-electron chi connectivity index (χ1n) is 8.85. The molecule has 6 nitrogen and oxygen atoms in total. The zero-order valence-electron chi connectivity index (χ0n) is 15.0. The van der Waals surface area contributed by atoms with Crippen LogP contribution in [0.15, 0.2) is 90.2 Å². The van der Waals surface area contributed by atoms with E-state index in [2.05, 4.69) is 15.4 Å². The van der Waals surface area contributed by atoms with Gasteiger partial charge in [0.05, 0.1) is 6.54 Å². The van der Waals surface area contributed by atoms with Crippen molar-refractivity contribution in [2.24, 2.45) is 0 Å². The second-order valence-corrected chi connectivity index (χ2v) is 6.32. The molecule has 0 saturated heterocycles. The number of hydrogen-bond acceptors (Lipinski definition) is 3. The van der Waals surface area contributed by atoms with Gasteiger partial charge in [0.2, 0.25) is 5.43 Å². The van der Waals surface area contributed by atoms with Crippen molar-refractivity contribution in [3.05, 3.63) is 107 Å². The van der Waals surface area contributed by atoms with E-state index in [1.54, 1.807) is 18.3 Å². The van der Waals surface area contributed by atoms with Crippen molar-refractivity contribution >= 4 is 11.6 Å². The fraction of sp³-hybridized carbons (Fsp3) is 0.0455. The van der Waals surface area contributed by atoms with Gasteiger partial charge in [-0.05, 0) is 28.8 Å². The molecule has 0 fully saturated rings. The highest BCUT2D eigenvalue weighted by Gasteiger charge is 2.13. The molecule has 0 atom stereocenters. The Balaban J connectivity index is 1.60. The molecule has 0 aliphatic rings. The van der Waals surface area contributed by atoms with Crippen molar-refractivity contribution in [3.8, 4) is 11.1 Å². The predicted molar refractivity (Wildman–Crippen MR) is 108 cm³/mol. The zero-order chi connectivity index (χ0) is 19.3. The van der Waals surface area contributed by atoms with Crippen LogP contribution in [-0.4, -0.2) is 20.7 Å². The van der Waals surface area contributed by atoms with Gasteiger partial charge in [0.25, 0.3) is 5.91 Å². The molecule has 28 heavy (non-hydrogen) atoms. The Morgan fingerprint density at radius 1 is 1.04 bits per heavy atom. The topological polar surface area (TPSA) is 79.8 Å². The number of anilines is 1. The Morgan fingerprint density at radius 2 is 1.86 bits per heavy atom. The number of amides is 1. The largest absolute Gasteiger partial charge is 0.366 e. The van der Waals surface area contributed by atoms with Crippen LogP contribution in [0.25, 0.3) is 11.1 Å². The van der Waals surface area contributed by atoms with Crippen LogP contribution < -0.4 is 10.7 Å². The summed E-state index contributed by atoms with van der Waals surface area (Å²) in [5, 5.41) is 6.90. The third-order valence-corrected chi connectivity index (χ3v) is 4.41. The Bertz CT molecular complexity index is 1150. The number of carbonyl (C=O) groups excluding carboxylic acids is 1. The van der Waals surface area contributed by atoms with Crippen molar-refractivity contribution in [3.63, 3.8) is 0 Å². The van der Waals surface area contributed by atoms with E-state index < -0.39 is 0 Å². The van der Waals surface area contributed by atoms with E-state index in [4.69, 9.17) is 0 Å². The van der Waals surface area contributed by atoms with E-state index >= 15 is 0 Å². The van der Waals surface area contributed by atoms with Crippen molar-refractivity contribution < 1.29 is 4.79 Å². The number of nitrogens with one attached hydrogen (secondary N) is 2. The number of carbonyl (C=O) groups is 1. The number of rotatable bonds is 5. The van der Waals surface area contributed by atoms with Gasteiger partial charge >= 0.3 is 0 Å². The maximum absolute atomic E-state index is 12.8. The molecule has 0 aliphatic carbocycles. The molecule has 0 aliphatic heterocycles. The van der Waals surface area contributed by atoms with Crippen molar-refractivity contribution in [1.82, 2.24) is 14.8 Å². The van der Waals surface area contributed by atoms with Crippen molar-refractivity contribution in [2.45, 2.75) is 6.54 Å². The lowest BCUT2D eigenvalue weighted by Crippen LogP contribution is -2.18. The standard InChI is InChI=1S/C22H18N4O2/c27-21-10-12-23-14-20(21)25-22(28)19-5-2-1-4-18(19)17-8-6-16(7-9-17)15-26-13-3-11-24-26/h1-14H,15H2,(H,23,27)(H,25,28). The summed E-state index contributed by atoms with van der Waals surface area (Å²) in [5.41, 5.74) is 3.33. The number of nitrogens with zero attached hydrogens (tertiary/aromatic N) is 2. The quantitative estimate of drug-likeness (QED) is 0.564. The van der Waals surface area contributed by atoms with Crippen LogP contribution in [0.2, 0.25) is 0 Å². The van der Waals surface area contributed by atoms with E-state index in [1.807, 2.05) is 53.3 Å². The Hall–Kier alpha value is -3.93. The number of hydrogen-bond donors (Lipinski definition) is 2. The first kappa shape index (κ1) is 17.5. The Labute approximate surface area is 161 Å². The maximum Gasteiger partial charge on any atom is 0.256 e. The third-order valence-electron chi connectivity index (χ3n) is 4.41. The summed E-state index contributed by atoms with van der Waals surface area (Å²) in [7, 11) is 0. The average molecular weight is 370 g/mol. The lowest BCUT2D eigenvalue weighted by atomic mass is 9.98. The average Bonchev–Trinajstić information content (AvgIpc) is 3.23. The summed E-state index contributed by atoms with van der Waals surface area (Å²) in [4.78, 5) is 27.4. The van der Waals surface area contributed by atoms with E-state index in [1.165, 1.54) is 18.5 Å². The molecule has 2 aromatic heterocycles. The summed E-state index contributed by atoms with van der Waals surface area (Å²) in [6.07, 6.45) is 6.67. The lowest BCUT2D eigenvalue weighted by molar-refractivity contribution is 0.102. The van der Waals surface area contributed by atoms with Crippen LogP contribution in [-0.2, 0) is 6.54 Å². The normalized spacial score (nSPS) is 10.6. The summed E-state index contributed by atoms with van der Waals surface area (Å²) < 4.78 is 1.85. The minimum Gasteiger partial charge on any atom is -0.366 e. The molecule has 6 heteroatoms. The molecule has 2 aromatic carbocycles. The lowest BCUT2D eigenvalue weighted by Gasteiger charge is -2.11. The van der Waals surface area contributed by atoms with Crippen molar-refractivity contribution in [1.29, 1.82) is 0 Å². The van der Waals surface area contributed by atoms with Gasteiger partial charge in [-0.15, -0.1) is 0 Å². The molecule has 2 heterocycles. The minimum atomic E-state index is -0.326. The van der Waals surface area contributed by atoms with Crippen LogP contribution in [0.3, 0.4) is 0 Å². The molecule has 138 valence electrons. The highest BCUT2D eigenvalue weighted by molar-refractivity contribution is 6.08. The number of benzene rings is 2. The maximum atomic E-state index is 12.8. The molecule has 1 amide bonds. The first-order valence-corrected chi connectivity index (χ1v) is 8.85. The van der Waals surface area contributed by atoms with Crippen LogP contribution in [0.1, 0.15) is 15.9 Å². The molecule has 0 bridgehead atoms. The third kappa shape index (κ3) is 3.76. The van der Waals surface area contributed by atoms with Gasteiger partial charge in [-0.2, -0.15) is 5.10 Å². The molecule has 2 N–H and O–H groups in total. The highest BCUT2D eigenvalue weighted by Crippen LogP contribution is 2.25. The number of aromatic amines is 1. The molecule has 0 spiro atoms. The SMILES string of the molecule is O=C(Nc1c[nH]ccc1=O)c1ccccc1-c1ccc(Cn2cccn2)cc1. The summed E-state index contributed by atoms with van der Waals surface area (Å²) in [6.45, 7) is 0.687. The molecule has 4 aromatic rings. The van der Waals surface area contributed by atoms with Gasteiger partial charge in [0.1, 0.15) is 5.69 Å². The molecule has 4 rings (SSSR count). The van der Waals surface area contributed by atoms with E-state index in [-0.39, 0.29) is 17.0 Å². The second-order valence-electron chi connectivity index (χ2n) is 6.32. The van der Waals surface area contributed by atoms with Crippen LogP contribution in [0.4, 0.5) is 5.69 Å². The summed E-state index contributed by atoms with van der Waals surface area (Å²) in [5.74, 6) is -0.326. The van der Waals surface area contributed by atoms with E-state index in [0.29, 0.717) is 12.1 Å². The fourth-order valence-electron chi connectivity index (χ4n) is 3.01. The molecular formula is C22H18N4O2. The minimum absolute atomic E-state index is 0.219. The molecule has 0 saturated carbocycles. The first-order chi connectivity index (χ1) is 13.7. The van der Waals surface area contributed by atoms with Gasteiger partial charge in [-0.25, -0.2) is 0 Å². The summed E-state index contributed by atoms with van der Waals surface area (Å²) >= 11 is 0. The van der Waals surface area contributed by atoms with Gasteiger partial charge in [-0.3, -0.25) is 14.3 Å². The van der Waals surface area contributed by atoms with Crippen molar-refractivity contribution in [2.75, 3.05) is 5.32 Å². The van der Waals surface area contributed by atoms with E-state index in [0.717, 1.165) is 16.7 Å². The molecule has 0 unspecified atom stereocenters. The smallest absolute Gasteiger partial charge is 0.256 e. The second kappa shape index (κ2) is 7.75. The Morgan fingerprint density at radius 3 is 2.61 bits per heavy atom. The molecular weight excluding hydrogens is 352 g/mol. The highest BCUT2D eigenvalue weighted by atomic mass is 16.2. The van der Waals surface area contributed by atoms with Gasteiger partial charge < -0.3 is 10.3 Å².